The van der Waals surface area contributed by atoms with E-state index in [1.54, 1.807) is 6.07 Å². The van der Waals surface area contributed by atoms with Crippen LogP contribution >= 0.6 is 23.2 Å². The lowest BCUT2D eigenvalue weighted by Gasteiger charge is -2.33. The fourth-order valence-electron chi connectivity index (χ4n) is 4.64. The van der Waals surface area contributed by atoms with Crippen LogP contribution in [-0.4, -0.2) is 56.0 Å². The van der Waals surface area contributed by atoms with Crippen LogP contribution in [0.25, 0.3) is 10.8 Å². The number of benzene rings is 3. The molecule has 3 aromatic rings. The summed E-state index contributed by atoms with van der Waals surface area (Å²) in [7, 11) is 4.08. The number of carbonyl (C=O) groups is 1. The van der Waals surface area contributed by atoms with Crippen molar-refractivity contribution in [3.8, 4) is 11.8 Å². The molecule has 4 rings (SSSR count). The predicted molar refractivity (Wildman–Crippen MR) is 142 cm³/mol. The van der Waals surface area contributed by atoms with E-state index in [-0.39, 0.29) is 17.7 Å². The zero-order chi connectivity index (χ0) is 25.1. The summed E-state index contributed by atoms with van der Waals surface area (Å²) in [5, 5.41) is 12.5. The van der Waals surface area contributed by atoms with Gasteiger partial charge in [0.25, 0.3) is 5.91 Å². The van der Waals surface area contributed by atoms with E-state index in [1.165, 1.54) is 0 Å². The number of nitrogens with zero attached hydrogens (tertiary/aromatic N) is 3. The number of hydrogen-bond acceptors (Lipinski definition) is 4. The van der Waals surface area contributed by atoms with Crippen molar-refractivity contribution in [2.24, 2.45) is 5.92 Å². The fourth-order valence-corrected chi connectivity index (χ4v) is 4.94. The largest absolute Gasteiger partial charge is 0.491 e. The first-order chi connectivity index (χ1) is 16.8. The third-order valence-electron chi connectivity index (χ3n) is 6.45. The quantitative estimate of drug-likeness (QED) is 0.395. The molecule has 7 heteroatoms. The maximum Gasteiger partial charge on any atom is 0.258 e. The van der Waals surface area contributed by atoms with Gasteiger partial charge < -0.3 is 14.5 Å². The third kappa shape index (κ3) is 5.56. The topological polar surface area (TPSA) is 56.6 Å². The van der Waals surface area contributed by atoms with E-state index in [4.69, 9.17) is 27.9 Å². The van der Waals surface area contributed by atoms with Crippen molar-refractivity contribution in [2.75, 3.05) is 40.3 Å². The Morgan fingerprint density at radius 3 is 2.66 bits per heavy atom. The van der Waals surface area contributed by atoms with Gasteiger partial charge in [0, 0.05) is 24.9 Å². The van der Waals surface area contributed by atoms with Crippen molar-refractivity contribution < 1.29 is 9.53 Å². The molecule has 0 saturated carbocycles. The smallest absolute Gasteiger partial charge is 0.258 e. The van der Waals surface area contributed by atoms with Gasteiger partial charge in [0.1, 0.15) is 11.8 Å². The lowest BCUT2D eigenvalue weighted by atomic mass is 9.93. The van der Waals surface area contributed by atoms with Gasteiger partial charge in [0.15, 0.2) is 0 Å². The van der Waals surface area contributed by atoms with Crippen molar-refractivity contribution in [1.82, 2.24) is 9.80 Å². The third-order valence-corrected chi connectivity index (χ3v) is 7.19. The molecule has 1 aliphatic heterocycles. The molecule has 0 unspecified atom stereocenters. The maximum atomic E-state index is 14.1. The first kappa shape index (κ1) is 25.3. The Morgan fingerprint density at radius 1 is 1.17 bits per heavy atom. The summed E-state index contributed by atoms with van der Waals surface area (Å²) in [6, 6.07) is 17.4. The average molecular weight is 510 g/mol. The molecule has 5 nitrogen and oxygen atoms in total. The maximum absolute atomic E-state index is 14.1. The molecule has 0 N–H and O–H groups in total. The second kappa shape index (κ2) is 10.9. The van der Waals surface area contributed by atoms with Crippen molar-refractivity contribution in [1.29, 1.82) is 5.26 Å². The molecule has 182 valence electrons. The second-order valence-electron chi connectivity index (χ2n) is 9.55. The number of rotatable bonds is 6. The van der Waals surface area contributed by atoms with Gasteiger partial charge in [0.2, 0.25) is 0 Å². The Balaban J connectivity index is 1.78. The number of hydrogen-bond donors (Lipinski definition) is 0. The molecule has 1 aliphatic rings. The van der Waals surface area contributed by atoms with Gasteiger partial charge in [-0.15, -0.1) is 0 Å². The summed E-state index contributed by atoms with van der Waals surface area (Å²) in [6.07, 6.45) is 0.853. The van der Waals surface area contributed by atoms with Gasteiger partial charge in [-0.2, -0.15) is 5.26 Å². The number of nitriles is 1. The molecule has 0 fully saturated rings. The Bertz CT molecular complexity index is 1290. The number of halogens is 2. The predicted octanol–water partition coefficient (Wildman–Crippen LogP) is 6.22. The fraction of sp³-hybridized carbons (Fsp3) is 0.357. The van der Waals surface area contributed by atoms with Crippen LogP contribution in [0.3, 0.4) is 0 Å². The molecular weight excluding hydrogens is 481 g/mol. The first-order valence-electron chi connectivity index (χ1n) is 11.8. The van der Waals surface area contributed by atoms with E-state index in [9.17, 15) is 10.1 Å². The molecule has 0 radical (unpaired) electrons. The van der Waals surface area contributed by atoms with Crippen LogP contribution in [-0.2, 0) is 0 Å². The molecule has 0 bridgehead atoms. The van der Waals surface area contributed by atoms with E-state index >= 15 is 0 Å². The van der Waals surface area contributed by atoms with E-state index in [0.29, 0.717) is 46.6 Å². The van der Waals surface area contributed by atoms with Gasteiger partial charge in [-0.05, 0) is 61.6 Å². The van der Waals surface area contributed by atoms with Crippen LogP contribution in [0.5, 0.6) is 5.75 Å². The molecule has 35 heavy (non-hydrogen) atoms. The highest BCUT2D eigenvalue weighted by Gasteiger charge is 2.31. The minimum atomic E-state index is -0.116. The Hall–Kier alpha value is -2.78. The van der Waals surface area contributed by atoms with Crippen molar-refractivity contribution in [3.05, 3.63) is 75.3 Å². The van der Waals surface area contributed by atoms with Gasteiger partial charge >= 0.3 is 0 Å². The lowest BCUT2D eigenvalue weighted by Crippen LogP contribution is -2.41. The van der Waals surface area contributed by atoms with Crippen LogP contribution in [0.2, 0.25) is 10.0 Å². The van der Waals surface area contributed by atoms with Crippen LogP contribution in [0.1, 0.15) is 40.7 Å². The zero-order valence-corrected chi connectivity index (χ0v) is 21.7. The van der Waals surface area contributed by atoms with Gasteiger partial charge in [0.05, 0.1) is 27.8 Å². The second-order valence-corrected chi connectivity index (χ2v) is 10.4. The molecule has 0 saturated heterocycles. The summed E-state index contributed by atoms with van der Waals surface area (Å²) in [6.45, 7) is 4.44. The number of fused-ring (bicyclic) bond motifs is 3. The number of ether oxygens (including phenoxy) is 1. The molecule has 3 aromatic carbocycles. The van der Waals surface area contributed by atoms with Crippen molar-refractivity contribution in [3.63, 3.8) is 0 Å². The molecule has 0 aliphatic carbocycles. The highest BCUT2D eigenvalue weighted by molar-refractivity contribution is 6.42. The Morgan fingerprint density at radius 2 is 1.94 bits per heavy atom. The summed E-state index contributed by atoms with van der Waals surface area (Å²) in [5.41, 5.74) is 1.90. The standard InChI is InChI=1S/C28H29Cl2N3O2/c1-18-15-33(16-21(10-11-32(2)3)19-8-9-24(29)25(30)13-19)28(34)26-23-7-5-4-6-20(23)12-22(14-31)27(26)35-17-18/h4-9,12-13,18,21H,10-11,15-17H2,1-3H3/t18-,21-/m1/s1. The number of carbonyl (C=O) groups excluding carboxylic acids is 1. The summed E-state index contributed by atoms with van der Waals surface area (Å²) in [5.74, 6) is 0.438. The average Bonchev–Trinajstić information content (AvgIpc) is 2.84. The van der Waals surface area contributed by atoms with E-state index < -0.39 is 0 Å². The van der Waals surface area contributed by atoms with Crippen LogP contribution < -0.4 is 4.74 Å². The molecule has 1 heterocycles. The summed E-state index contributed by atoms with van der Waals surface area (Å²) in [4.78, 5) is 18.2. The monoisotopic (exact) mass is 509 g/mol. The molecule has 1 amide bonds. The zero-order valence-electron chi connectivity index (χ0n) is 20.2. The minimum absolute atomic E-state index is 0.0672. The number of amides is 1. The van der Waals surface area contributed by atoms with Gasteiger partial charge in [-0.25, -0.2) is 0 Å². The van der Waals surface area contributed by atoms with Crippen LogP contribution in [0.4, 0.5) is 0 Å². The summed E-state index contributed by atoms with van der Waals surface area (Å²) < 4.78 is 6.08. The van der Waals surface area contributed by atoms with E-state index in [1.807, 2.05) is 61.5 Å². The molecule has 2 atom stereocenters. The Labute approximate surface area is 216 Å². The van der Waals surface area contributed by atoms with Gasteiger partial charge in [-0.1, -0.05) is 60.5 Å². The van der Waals surface area contributed by atoms with Crippen LogP contribution in [0.15, 0.2) is 48.5 Å². The SMILES string of the molecule is C[C@H]1COc2c(C#N)cc3ccccc3c2C(=O)N(C[C@@H](CCN(C)C)c2ccc(Cl)c(Cl)c2)C1. The lowest BCUT2D eigenvalue weighted by molar-refractivity contribution is 0.0669. The molecular formula is C28H29Cl2N3O2. The van der Waals surface area contributed by atoms with E-state index in [2.05, 4.69) is 17.9 Å². The minimum Gasteiger partial charge on any atom is -0.491 e. The van der Waals surface area contributed by atoms with Crippen LogP contribution in [0, 0.1) is 17.2 Å². The normalized spacial score (nSPS) is 16.9. The highest BCUT2D eigenvalue weighted by Crippen LogP contribution is 2.36. The Kier molecular flexibility index (Phi) is 7.86. The van der Waals surface area contributed by atoms with Gasteiger partial charge in [-0.3, -0.25) is 4.79 Å². The first-order valence-corrected chi connectivity index (χ1v) is 12.5. The van der Waals surface area contributed by atoms with E-state index in [0.717, 1.165) is 29.3 Å². The summed E-state index contributed by atoms with van der Waals surface area (Å²) >= 11 is 12.5. The molecule has 0 spiro atoms. The van der Waals surface area contributed by atoms with Crippen molar-refractivity contribution >= 4 is 39.9 Å². The molecule has 0 aromatic heterocycles. The van der Waals surface area contributed by atoms with Crippen molar-refractivity contribution in [2.45, 2.75) is 19.3 Å². The highest BCUT2D eigenvalue weighted by atomic mass is 35.5.